The number of methoxy groups -OCH3 is 5. The maximum atomic E-state index is 13.3. The minimum absolute atomic E-state index is 0.166. The molecule has 0 aliphatic carbocycles. The molecule has 1 amide bonds. The van der Waals surface area contributed by atoms with Crippen LogP contribution < -0.4 is 29.0 Å². The van der Waals surface area contributed by atoms with Crippen molar-refractivity contribution in [3.05, 3.63) is 65.7 Å². The lowest BCUT2D eigenvalue weighted by Gasteiger charge is -2.15. The molecule has 0 aliphatic heterocycles. The van der Waals surface area contributed by atoms with Gasteiger partial charge >= 0.3 is 0 Å². The molecule has 7 nitrogen and oxygen atoms in total. The number of fused-ring (bicyclic) bond motifs is 3. The normalized spacial score (nSPS) is 10.8. The van der Waals surface area contributed by atoms with Crippen LogP contribution in [0, 0.1) is 0 Å². The number of nitrogens with one attached hydrogen (secondary N) is 1. The second-order valence-electron chi connectivity index (χ2n) is 7.96. The van der Waals surface area contributed by atoms with Gasteiger partial charge in [0.15, 0.2) is 23.0 Å². The number of benzene rings is 4. The molecule has 0 spiro atoms. The third-order valence-electron chi connectivity index (χ3n) is 6.06. The number of carbonyl (C=O) groups is 1. The highest BCUT2D eigenvalue weighted by Crippen LogP contribution is 2.38. The Morgan fingerprint density at radius 1 is 0.657 bits per heavy atom. The minimum Gasteiger partial charge on any atom is -0.497 e. The molecular formula is C28H29NO6. The zero-order chi connectivity index (χ0) is 24.9. The van der Waals surface area contributed by atoms with Crippen LogP contribution in [0.4, 0.5) is 0 Å². The molecule has 0 heterocycles. The predicted molar refractivity (Wildman–Crippen MR) is 137 cm³/mol. The van der Waals surface area contributed by atoms with Gasteiger partial charge in [-0.05, 0) is 76.0 Å². The fourth-order valence-electron chi connectivity index (χ4n) is 4.22. The van der Waals surface area contributed by atoms with E-state index in [2.05, 4.69) is 5.32 Å². The van der Waals surface area contributed by atoms with Crippen molar-refractivity contribution in [2.45, 2.75) is 6.42 Å². The molecule has 0 saturated heterocycles. The highest BCUT2D eigenvalue weighted by atomic mass is 16.5. The second kappa shape index (κ2) is 10.4. The molecule has 0 aromatic heterocycles. The molecule has 7 heteroatoms. The average Bonchev–Trinajstić information content (AvgIpc) is 2.91. The Bertz CT molecular complexity index is 1380. The summed E-state index contributed by atoms with van der Waals surface area (Å²) in [6, 6.07) is 17.2. The van der Waals surface area contributed by atoms with Crippen LogP contribution in [0.1, 0.15) is 15.9 Å². The van der Waals surface area contributed by atoms with Crippen LogP contribution in [-0.2, 0) is 6.42 Å². The largest absolute Gasteiger partial charge is 0.497 e. The van der Waals surface area contributed by atoms with Crippen molar-refractivity contribution < 1.29 is 28.5 Å². The minimum atomic E-state index is -0.166. The Labute approximate surface area is 204 Å². The molecule has 4 rings (SSSR count). The number of hydrogen-bond acceptors (Lipinski definition) is 6. The summed E-state index contributed by atoms with van der Waals surface area (Å²) in [6.45, 7) is 0.462. The number of amides is 1. The molecule has 0 atom stereocenters. The Morgan fingerprint density at radius 2 is 1.31 bits per heavy atom. The molecule has 0 unspecified atom stereocenters. The van der Waals surface area contributed by atoms with Gasteiger partial charge in [-0.1, -0.05) is 12.1 Å². The number of hydrogen-bond donors (Lipinski definition) is 1. The molecule has 182 valence electrons. The SMILES string of the molecule is COc1ccc2cc(C(=O)NCCc3ccc(OC)c(OC)c3)c3cc(OC)c(OC)cc3c2c1. The smallest absolute Gasteiger partial charge is 0.251 e. The number of carbonyl (C=O) groups excluding carboxylic acids is 1. The molecule has 4 aromatic rings. The van der Waals surface area contributed by atoms with E-state index in [1.807, 2.05) is 54.6 Å². The third-order valence-corrected chi connectivity index (χ3v) is 6.06. The summed E-state index contributed by atoms with van der Waals surface area (Å²) in [5.74, 6) is 3.05. The lowest BCUT2D eigenvalue weighted by molar-refractivity contribution is 0.0956. The van der Waals surface area contributed by atoms with Gasteiger partial charge in [0.2, 0.25) is 0 Å². The lowest BCUT2D eigenvalue weighted by atomic mass is 9.96. The lowest BCUT2D eigenvalue weighted by Crippen LogP contribution is -2.26. The quantitative estimate of drug-likeness (QED) is 0.343. The van der Waals surface area contributed by atoms with Crippen LogP contribution in [0.25, 0.3) is 21.5 Å². The summed E-state index contributed by atoms with van der Waals surface area (Å²) in [5.41, 5.74) is 1.59. The predicted octanol–water partition coefficient (Wildman–Crippen LogP) is 5.01. The first kappa shape index (κ1) is 24.0. The molecule has 1 N–H and O–H groups in total. The average molecular weight is 476 g/mol. The first-order valence-corrected chi connectivity index (χ1v) is 11.2. The van der Waals surface area contributed by atoms with Gasteiger partial charge in [-0.3, -0.25) is 4.79 Å². The molecule has 4 aromatic carbocycles. The molecule has 0 radical (unpaired) electrons. The fraction of sp³-hybridized carbons (Fsp3) is 0.250. The van der Waals surface area contributed by atoms with Crippen LogP contribution in [-0.4, -0.2) is 48.0 Å². The summed E-state index contributed by atoms with van der Waals surface area (Å²) in [4.78, 5) is 13.3. The van der Waals surface area contributed by atoms with Crippen molar-refractivity contribution in [1.82, 2.24) is 5.32 Å². The van der Waals surface area contributed by atoms with Crippen molar-refractivity contribution in [3.8, 4) is 28.7 Å². The summed E-state index contributed by atoms with van der Waals surface area (Å²) in [6.07, 6.45) is 0.645. The Hall–Kier alpha value is -4.13. The fourth-order valence-corrected chi connectivity index (χ4v) is 4.22. The standard InChI is InChI=1S/C28H29NO6/c1-31-19-8-7-18-13-23(22-16-27(35-5)26(34-4)15-21(22)20(18)14-19)28(30)29-11-10-17-6-9-24(32-2)25(12-17)33-3/h6-9,12-16H,10-11H2,1-5H3,(H,29,30). The first-order chi connectivity index (χ1) is 17.0. The van der Waals surface area contributed by atoms with Gasteiger partial charge in [-0.2, -0.15) is 0 Å². The van der Waals surface area contributed by atoms with E-state index in [1.165, 1.54) is 0 Å². The van der Waals surface area contributed by atoms with E-state index in [0.29, 0.717) is 41.5 Å². The molecule has 0 bridgehead atoms. The summed E-state index contributed by atoms with van der Waals surface area (Å²) < 4.78 is 27.1. The van der Waals surface area contributed by atoms with Crippen LogP contribution in [0.2, 0.25) is 0 Å². The Morgan fingerprint density at radius 3 is 1.97 bits per heavy atom. The zero-order valence-corrected chi connectivity index (χ0v) is 20.6. The maximum absolute atomic E-state index is 13.3. The van der Waals surface area contributed by atoms with Gasteiger partial charge in [0.05, 0.1) is 35.5 Å². The summed E-state index contributed by atoms with van der Waals surface area (Å²) >= 11 is 0. The van der Waals surface area contributed by atoms with E-state index in [1.54, 1.807) is 35.5 Å². The van der Waals surface area contributed by atoms with Gasteiger partial charge < -0.3 is 29.0 Å². The number of rotatable bonds is 9. The molecule has 0 fully saturated rings. The van der Waals surface area contributed by atoms with E-state index in [-0.39, 0.29) is 5.91 Å². The van der Waals surface area contributed by atoms with E-state index in [4.69, 9.17) is 23.7 Å². The van der Waals surface area contributed by atoms with Crippen molar-refractivity contribution in [3.63, 3.8) is 0 Å². The van der Waals surface area contributed by atoms with Gasteiger partial charge in [-0.15, -0.1) is 0 Å². The van der Waals surface area contributed by atoms with E-state index in [9.17, 15) is 4.79 Å². The molecule has 0 saturated carbocycles. The summed E-state index contributed by atoms with van der Waals surface area (Å²) in [5, 5.41) is 6.59. The van der Waals surface area contributed by atoms with Crippen LogP contribution in [0.3, 0.4) is 0 Å². The van der Waals surface area contributed by atoms with Gasteiger partial charge in [0, 0.05) is 12.1 Å². The Balaban J connectivity index is 1.68. The van der Waals surface area contributed by atoms with Crippen molar-refractivity contribution in [2.75, 3.05) is 42.1 Å². The zero-order valence-electron chi connectivity index (χ0n) is 20.6. The number of ether oxygens (including phenoxy) is 5. The molecule has 35 heavy (non-hydrogen) atoms. The maximum Gasteiger partial charge on any atom is 0.251 e. The highest BCUT2D eigenvalue weighted by molar-refractivity contribution is 6.18. The van der Waals surface area contributed by atoms with Crippen molar-refractivity contribution in [1.29, 1.82) is 0 Å². The van der Waals surface area contributed by atoms with Crippen LogP contribution in [0.5, 0.6) is 28.7 Å². The van der Waals surface area contributed by atoms with Gasteiger partial charge in [0.25, 0.3) is 5.91 Å². The van der Waals surface area contributed by atoms with E-state index < -0.39 is 0 Å². The van der Waals surface area contributed by atoms with Gasteiger partial charge in [-0.25, -0.2) is 0 Å². The first-order valence-electron chi connectivity index (χ1n) is 11.2. The third kappa shape index (κ3) is 4.75. The highest BCUT2D eigenvalue weighted by Gasteiger charge is 2.17. The van der Waals surface area contributed by atoms with E-state index in [0.717, 1.165) is 32.9 Å². The summed E-state index contributed by atoms with van der Waals surface area (Å²) in [7, 11) is 8.01. The topological polar surface area (TPSA) is 75.3 Å². The van der Waals surface area contributed by atoms with Crippen molar-refractivity contribution in [2.24, 2.45) is 0 Å². The molecular weight excluding hydrogens is 446 g/mol. The van der Waals surface area contributed by atoms with Crippen LogP contribution >= 0.6 is 0 Å². The molecule has 0 aliphatic rings. The Kier molecular flexibility index (Phi) is 7.15. The van der Waals surface area contributed by atoms with E-state index >= 15 is 0 Å². The van der Waals surface area contributed by atoms with Crippen molar-refractivity contribution >= 4 is 27.5 Å². The monoisotopic (exact) mass is 475 g/mol. The van der Waals surface area contributed by atoms with Gasteiger partial charge in [0.1, 0.15) is 5.75 Å². The second-order valence-corrected chi connectivity index (χ2v) is 7.96. The van der Waals surface area contributed by atoms with Crippen LogP contribution in [0.15, 0.2) is 54.6 Å².